The molecule has 100 valence electrons. The number of fused-ring (bicyclic) bond motifs is 1. The highest BCUT2D eigenvalue weighted by Crippen LogP contribution is 2.37. The molecule has 4 nitrogen and oxygen atoms in total. The highest BCUT2D eigenvalue weighted by atomic mass is 32.1. The predicted octanol–water partition coefficient (Wildman–Crippen LogP) is 1.98. The molecule has 1 aromatic rings. The van der Waals surface area contributed by atoms with Crippen molar-refractivity contribution in [2.45, 2.75) is 32.6 Å². The minimum atomic E-state index is -0.0246. The summed E-state index contributed by atoms with van der Waals surface area (Å²) in [4.78, 5) is 13.4. The molecule has 0 saturated carbocycles. The van der Waals surface area contributed by atoms with Crippen LogP contribution in [-0.4, -0.2) is 25.7 Å². The van der Waals surface area contributed by atoms with Crippen molar-refractivity contribution in [3.63, 3.8) is 0 Å². The molecule has 0 bridgehead atoms. The number of thiophene rings is 1. The van der Waals surface area contributed by atoms with Crippen molar-refractivity contribution in [2.75, 3.05) is 25.5 Å². The third kappa shape index (κ3) is 2.84. The first-order valence-electron chi connectivity index (χ1n) is 6.50. The molecule has 0 radical (unpaired) electrons. The van der Waals surface area contributed by atoms with Crippen LogP contribution in [0.2, 0.25) is 0 Å². The van der Waals surface area contributed by atoms with Crippen LogP contribution in [0.1, 0.15) is 40.6 Å². The SMILES string of the molecule is CCOCCCNC(=O)c1c(N)sc2c1CCC2. The second-order valence-corrected chi connectivity index (χ2v) is 5.54. The van der Waals surface area contributed by atoms with E-state index in [0.29, 0.717) is 18.2 Å². The van der Waals surface area contributed by atoms with E-state index in [0.717, 1.165) is 37.9 Å². The lowest BCUT2D eigenvalue weighted by molar-refractivity contribution is 0.0944. The molecule has 0 aliphatic heterocycles. The van der Waals surface area contributed by atoms with Crippen molar-refractivity contribution in [1.29, 1.82) is 0 Å². The molecule has 0 aromatic carbocycles. The maximum Gasteiger partial charge on any atom is 0.254 e. The summed E-state index contributed by atoms with van der Waals surface area (Å²) in [6, 6.07) is 0. The van der Waals surface area contributed by atoms with E-state index in [1.54, 1.807) is 11.3 Å². The van der Waals surface area contributed by atoms with Crippen LogP contribution in [0.3, 0.4) is 0 Å². The molecule has 0 atom stereocenters. The molecule has 1 heterocycles. The fourth-order valence-electron chi connectivity index (χ4n) is 2.28. The Morgan fingerprint density at radius 3 is 3.11 bits per heavy atom. The highest BCUT2D eigenvalue weighted by molar-refractivity contribution is 7.16. The van der Waals surface area contributed by atoms with Gasteiger partial charge >= 0.3 is 0 Å². The molecule has 18 heavy (non-hydrogen) atoms. The van der Waals surface area contributed by atoms with Gasteiger partial charge in [0.05, 0.1) is 10.6 Å². The van der Waals surface area contributed by atoms with Crippen LogP contribution in [0.15, 0.2) is 0 Å². The average molecular weight is 268 g/mol. The van der Waals surface area contributed by atoms with Gasteiger partial charge < -0.3 is 15.8 Å². The van der Waals surface area contributed by atoms with E-state index in [9.17, 15) is 4.79 Å². The molecule has 1 aromatic heterocycles. The van der Waals surface area contributed by atoms with E-state index in [4.69, 9.17) is 10.5 Å². The van der Waals surface area contributed by atoms with Crippen LogP contribution < -0.4 is 11.1 Å². The standard InChI is InChI=1S/C13H20N2O2S/c1-2-17-8-4-7-15-13(16)11-9-5-3-6-10(9)18-12(11)14/h2-8,14H2,1H3,(H,15,16). The summed E-state index contributed by atoms with van der Waals surface area (Å²) >= 11 is 1.57. The van der Waals surface area contributed by atoms with Crippen molar-refractivity contribution in [3.05, 3.63) is 16.0 Å². The van der Waals surface area contributed by atoms with Crippen molar-refractivity contribution >= 4 is 22.2 Å². The summed E-state index contributed by atoms with van der Waals surface area (Å²) in [6.45, 7) is 4.02. The fraction of sp³-hybridized carbons (Fsp3) is 0.615. The number of ether oxygens (including phenoxy) is 1. The van der Waals surface area contributed by atoms with Crippen LogP contribution in [0.5, 0.6) is 0 Å². The molecule has 1 aliphatic carbocycles. The van der Waals surface area contributed by atoms with Crippen LogP contribution >= 0.6 is 11.3 Å². The molecule has 1 aliphatic rings. The monoisotopic (exact) mass is 268 g/mol. The zero-order chi connectivity index (χ0) is 13.0. The fourth-order valence-corrected chi connectivity index (χ4v) is 3.44. The summed E-state index contributed by atoms with van der Waals surface area (Å²) in [6.07, 6.45) is 4.05. The van der Waals surface area contributed by atoms with E-state index < -0.39 is 0 Å². The number of hydrogen-bond donors (Lipinski definition) is 2. The van der Waals surface area contributed by atoms with Crippen LogP contribution in [0.25, 0.3) is 0 Å². The van der Waals surface area contributed by atoms with E-state index >= 15 is 0 Å². The Balaban J connectivity index is 1.89. The molecule has 1 amide bonds. The quantitative estimate of drug-likeness (QED) is 0.775. The molecule has 0 spiro atoms. The second-order valence-electron chi connectivity index (χ2n) is 4.40. The first kappa shape index (κ1) is 13.4. The molecular weight excluding hydrogens is 248 g/mol. The maximum absolute atomic E-state index is 12.1. The zero-order valence-electron chi connectivity index (χ0n) is 10.8. The van der Waals surface area contributed by atoms with Crippen molar-refractivity contribution in [1.82, 2.24) is 5.32 Å². The number of anilines is 1. The van der Waals surface area contributed by atoms with Gasteiger partial charge in [0.25, 0.3) is 5.91 Å². The zero-order valence-corrected chi connectivity index (χ0v) is 11.6. The van der Waals surface area contributed by atoms with Crippen LogP contribution in [0, 0.1) is 0 Å². The van der Waals surface area contributed by atoms with Gasteiger partial charge in [0, 0.05) is 24.6 Å². The minimum Gasteiger partial charge on any atom is -0.390 e. The first-order chi connectivity index (χ1) is 8.74. The number of nitrogens with one attached hydrogen (secondary N) is 1. The van der Waals surface area contributed by atoms with E-state index in [1.165, 1.54) is 10.4 Å². The number of carbonyl (C=O) groups excluding carboxylic acids is 1. The molecule has 3 N–H and O–H groups in total. The van der Waals surface area contributed by atoms with Gasteiger partial charge in [-0.3, -0.25) is 4.79 Å². The lowest BCUT2D eigenvalue weighted by Crippen LogP contribution is -2.26. The van der Waals surface area contributed by atoms with Gasteiger partial charge in [0.2, 0.25) is 0 Å². The summed E-state index contributed by atoms with van der Waals surface area (Å²) < 4.78 is 5.23. The summed E-state index contributed by atoms with van der Waals surface area (Å²) in [5.74, 6) is -0.0246. The molecule has 0 fully saturated rings. The Morgan fingerprint density at radius 2 is 2.33 bits per heavy atom. The molecule has 0 saturated heterocycles. The Hall–Kier alpha value is -1.07. The van der Waals surface area contributed by atoms with Gasteiger partial charge in [-0.05, 0) is 38.2 Å². The van der Waals surface area contributed by atoms with Gasteiger partial charge in [0.15, 0.2) is 0 Å². The predicted molar refractivity (Wildman–Crippen MR) is 74.2 cm³/mol. The highest BCUT2D eigenvalue weighted by Gasteiger charge is 2.24. The Morgan fingerprint density at radius 1 is 1.50 bits per heavy atom. The summed E-state index contributed by atoms with van der Waals surface area (Å²) in [7, 11) is 0. The number of aryl methyl sites for hydroxylation is 1. The topological polar surface area (TPSA) is 64.3 Å². The lowest BCUT2D eigenvalue weighted by Gasteiger charge is -2.06. The Bertz CT molecular complexity index is 429. The van der Waals surface area contributed by atoms with Gasteiger partial charge in [0.1, 0.15) is 0 Å². The number of amides is 1. The summed E-state index contributed by atoms with van der Waals surface area (Å²) in [5, 5.41) is 3.59. The number of hydrogen-bond acceptors (Lipinski definition) is 4. The van der Waals surface area contributed by atoms with Crippen LogP contribution in [-0.2, 0) is 17.6 Å². The third-order valence-electron chi connectivity index (χ3n) is 3.13. The van der Waals surface area contributed by atoms with Crippen LogP contribution in [0.4, 0.5) is 5.00 Å². The smallest absolute Gasteiger partial charge is 0.254 e. The molecule has 0 unspecified atom stereocenters. The average Bonchev–Trinajstić information content (AvgIpc) is 2.88. The Kier molecular flexibility index (Phi) is 4.60. The lowest BCUT2D eigenvalue weighted by atomic mass is 10.1. The van der Waals surface area contributed by atoms with Crippen molar-refractivity contribution in [3.8, 4) is 0 Å². The van der Waals surface area contributed by atoms with E-state index in [1.807, 2.05) is 6.92 Å². The van der Waals surface area contributed by atoms with Crippen molar-refractivity contribution in [2.24, 2.45) is 0 Å². The molecule has 2 rings (SSSR count). The summed E-state index contributed by atoms with van der Waals surface area (Å²) in [5.41, 5.74) is 7.84. The number of rotatable bonds is 6. The van der Waals surface area contributed by atoms with Gasteiger partial charge in [-0.1, -0.05) is 0 Å². The minimum absolute atomic E-state index is 0.0246. The van der Waals surface area contributed by atoms with E-state index in [2.05, 4.69) is 5.32 Å². The number of carbonyl (C=O) groups is 1. The van der Waals surface area contributed by atoms with Crippen molar-refractivity contribution < 1.29 is 9.53 Å². The third-order valence-corrected chi connectivity index (χ3v) is 4.25. The first-order valence-corrected chi connectivity index (χ1v) is 7.31. The second kappa shape index (κ2) is 6.20. The number of nitrogen functional groups attached to an aromatic ring is 1. The largest absolute Gasteiger partial charge is 0.390 e. The Labute approximate surface area is 112 Å². The normalized spacial score (nSPS) is 13.6. The maximum atomic E-state index is 12.1. The molecular formula is C13H20N2O2S. The number of nitrogens with two attached hydrogens (primary N) is 1. The molecule has 5 heteroatoms. The van der Waals surface area contributed by atoms with Gasteiger partial charge in [-0.15, -0.1) is 11.3 Å². The van der Waals surface area contributed by atoms with E-state index in [-0.39, 0.29) is 5.91 Å². The van der Waals surface area contributed by atoms with Gasteiger partial charge in [-0.2, -0.15) is 0 Å². The van der Waals surface area contributed by atoms with Gasteiger partial charge in [-0.25, -0.2) is 0 Å².